The van der Waals surface area contributed by atoms with E-state index in [1.165, 1.54) is 5.56 Å². The van der Waals surface area contributed by atoms with Crippen molar-refractivity contribution in [3.05, 3.63) is 83.4 Å². The molecule has 8 nitrogen and oxygen atoms in total. The summed E-state index contributed by atoms with van der Waals surface area (Å²) in [5.74, 6) is -0.942. The first-order valence-corrected chi connectivity index (χ1v) is 12.0. The minimum atomic E-state index is -0.515. The Morgan fingerprint density at radius 3 is 2.53 bits per heavy atom. The van der Waals surface area contributed by atoms with Crippen molar-refractivity contribution in [1.29, 1.82) is 0 Å². The van der Waals surface area contributed by atoms with E-state index in [1.807, 2.05) is 54.6 Å². The number of anilines is 3. The zero-order chi connectivity index (χ0) is 25.5. The Morgan fingerprint density at radius 2 is 1.81 bits per heavy atom. The predicted octanol–water partition coefficient (Wildman–Crippen LogP) is 4.42. The van der Waals surface area contributed by atoms with Crippen LogP contribution >= 0.6 is 11.6 Å². The molecule has 1 saturated heterocycles. The Kier molecular flexibility index (Phi) is 8.07. The van der Waals surface area contributed by atoms with Crippen molar-refractivity contribution < 1.29 is 19.1 Å². The van der Waals surface area contributed by atoms with Gasteiger partial charge in [0.25, 0.3) is 5.91 Å². The highest BCUT2D eigenvalue weighted by Crippen LogP contribution is 2.28. The quantitative estimate of drug-likeness (QED) is 0.373. The first-order chi connectivity index (χ1) is 17.4. The maximum atomic E-state index is 12.8. The third kappa shape index (κ3) is 6.34. The van der Waals surface area contributed by atoms with E-state index in [9.17, 15) is 14.4 Å². The fourth-order valence-corrected chi connectivity index (χ4v) is 4.03. The van der Waals surface area contributed by atoms with Gasteiger partial charge >= 0.3 is 0 Å². The van der Waals surface area contributed by atoms with Crippen molar-refractivity contribution in [3.8, 4) is 5.75 Å². The molecule has 186 valence electrons. The molecule has 9 heteroatoms. The zero-order valence-corrected chi connectivity index (χ0v) is 20.5. The van der Waals surface area contributed by atoms with Crippen LogP contribution in [0.25, 0.3) is 0 Å². The second-order valence-electron chi connectivity index (χ2n) is 8.38. The number of ether oxygens (including phenoxy) is 1. The number of carbonyl (C=O) groups excluding carboxylic acids is 3. The Bertz CT molecular complexity index is 1230. The summed E-state index contributed by atoms with van der Waals surface area (Å²) in [6.45, 7) is 2.12. The van der Waals surface area contributed by atoms with E-state index in [0.717, 1.165) is 12.1 Å². The Balaban J connectivity index is 1.32. The van der Waals surface area contributed by atoms with E-state index in [1.54, 1.807) is 23.1 Å². The fraction of sp³-hybridized carbons (Fsp3) is 0.222. The minimum Gasteiger partial charge on any atom is -0.482 e. The predicted molar refractivity (Wildman–Crippen MR) is 140 cm³/mol. The topological polar surface area (TPSA) is 99.8 Å². The third-order valence-electron chi connectivity index (χ3n) is 5.83. The lowest BCUT2D eigenvalue weighted by Gasteiger charge is -2.18. The van der Waals surface area contributed by atoms with Crippen molar-refractivity contribution in [3.63, 3.8) is 0 Å². The molecule has 3 N–H and O–H groups in total. The Hall–Kier alpha value is -4.04. The summed E-state index contributed by atoms with van der Waals surface area (Å²) >= 11 is 6.12. The van der Waals surface area contributed by atoms with Crippen LogP contribution in [0.2, 0.25) is 5.02 Å². The summed E-state index contributed by atoms with van der Waals surface area (Å²) < 4.78 is 5.67. The van der Waals surface area contributed by atoms with Crippen LogP contribution < -0.4 is 25.8 Å². The number of nitrogens with zero attached hydrogens (tertiary/aromatic N) is 1. The zero-order valence-electron chi connectivity index (χ0n) is 19.8. The first-order valence-electron chi connectivity index (χ1n) is 11.7. The highest BCUT2D eigenvalue weighted by atomic mass is 35.5. The van der Waals surface area contributed by atoms with Gasteiger partial charge in [-0.2, -0.15) is 0 Å². The lowest BCUT2D eigenvalue weighted by molar-refractivity contribution is -0.125. The molecule has 4 rings (SSSR count). The number of hydrogen-bond donors (Lipinski definition) is 3. The average Bonchev–Trinajstić information content (AvgIpc) is 3.29. The molecule has 0 aliphatic carbocycles. The van der Waals surface area contributed by atoms with Gasteiger partial charge in [0.2, 0.25) is 11.8 Å². The van der Waals surface area contributed by atoms with E-state index in [2.05, 4.69) is 23.1 Å². The summed E-state index contributed by atoms with van der Waals surface area (Å²) in [6, 6.07) is 21.6. The van der Waals surface area contributed by atoms with Crippen molar-refractivity contribution in [2.24, 2.45) is 5.92 Å². The molecule has 1 heterocycles. The van der Waals surface area contributed by atoms with Crippen LogP contribution in [0.1, 0.15) is 18.9 Å². The molecule has 1 aliphatic heterocycles. The van der Waals surface area contributed by atoms with Crippen molar-refractivity contribution >= 4 is 46.4 Å². The number of hydrogen-bond acceptors (Lipinski definition) is 5. The lowest BCUT2D eigenvalue weighted by Crippen LogP contribution is -2.36. The summed E-state index contributed by atoms with van der Waals surface area (Å²) in [6.07, 6.45) is 1.03. The van der Waals surface area contributed by atoms with Crippen LogP contribution in [0.15, 0.2) is 72.8 Å². The molecule has 0 radical (unpaired) electrons. The van der Waals surface area contributed by atoms with Gasteiger partial charge in [-0.15, -0.1) is 0 Å². The molecule has 3 aromatic rings. The van der Waals surface area contributed by atoms with Crippen molar-refractivity contribution in [2.45, 2.75) is 19.8 Å². The number of benzene rings is 3. The Labute approximate surface area is 214 Å². The van der Waals surface area contributed by atoms with E-state index in [4.69, 9.17) is 16.3 Å². The molecule has 1 aliphatic rings. The first kappa shape index (κ1) is 25.1. The maximum absolute atomic E-state index is 12.8. The van der Waals surface area contributed by atoms with Gasteiger partial charge in [-0.1, -0.05) is 48.9 Å². The monoisotopic (exact) mass is 506 g/mol. The summed E-state index contributed by atoms with van der Waals surface area (Å²) in [4.78, 5) is 39.1. The van der Waals surface area contributed by atoms with Gasteiger partial charge in [-0.25, -0.2) is 0 Å². The van der Waals surface area contributed by atoms with Crippen LogP contribution in [0.4, 0.5) is 17.1 Å². The number of rotatable bonds is 9. The number of para-hydroxylation sites is 1. The van der Waals surface area contributed by atoms with Gasteiger partial charge in [0.05, 0.1) is 11.6 Å². The summed E-state index contributed by atoms with van der Waals surface area (Å²) in [5, 5.41) is 3.21. The second kappa shape index (κ2) is 11.6. The molecule has 0 aromatic heterocycles. The number of halogens is 1. The van der Waals surface area contributed by atoms with E-state index in [-0.39, 0.29) is 37.3 Å². The van der Waals surface area contributed by atoms with Gasteiger partial charge in [-0.3, -0.25) is 25.2 Å². The molecular formula is C27H27ClN4O4. The van der Waals surface area contributed by atoms with Crippen molar-refractivity contribution in [2.75, 3.05) is 28.8 Å². The molecule has 1 atom stereocenters. The lowest BCUT2D eigenvalue weighted by atomic mass is 10.1. The van der Waals surface area contributed by atoms with Crippen molar-refractivity contribution in [1.82, 2.24) is 5.43 Å². The van der Waals surface area contributed by atoms with E-state index in [0.29, 0.717) is 22.1 Å². The molecule has 3 amide bonds. The van der Waals surface area contributed by atoms with Gasteiger partial charge in [0, 0.05) is 29.4 Å². The van der Waals surface area contributed by atoms with E-state index < -0.39 is 5.92 Å². The highest BCUT2D eigenvalue weighted by molar-refractivity contribution is 6.31. The molecule has 3 aromatic carbocycles. The molecule has 0 spiro atoms. The maximum Gasteiger partial charge on any atom is 0.262 e. The molecule has 36 heavy (non-hydrogen) atoms. The molecule has 0 unspecified atom stereocenters. The van der Waals surface area contributed by atoms with Crippen LogP contribution in [0.5, 0.6) is 5.75 Å². The largest absolute Gasteiger partial charge is 0.482 e. The van der Waals surface area contributed by atoms with Crippen LogP contribution in [-0.2, 0) is 20.8 Å². The van der Waals surface area contributed by atoms with Gasteiger partial charge in [0.15, 0.2) is 6.61 Å². The SMILES string of the molecule is CCc1ccc(NC(=O)COc2ccc(Cl)cc2NNC(=O)[C@@H]2CC(=O)N(c3ccccc3)C2)cc1. The highest BCUT2D eigenvalue weighted by Gasteiger charge is 2.35. The number of aryl methyl sites for hydroxylation is 1. The third-order valence-corrected chi connectivity index (χ3v) is 6.07. The standard InChI is InChI=1S/C27H27ClN4O4/c1-2-18-8-11-21(12-9-18)29-25(33)17-36-24-13-10-20(28)15-23(24)30-31-27(35)19-14-26(34)32(16-19)22-6-4-3-5-7-22/h3-13,15,19,30H,2,14,16-17H2,1H3,(H,29,33)(H,31,35)/t19-/m1/s1. The molecule has 0 bridgehead atoms. The second-order valence-corrected chi connectivity index (χ2v) is 8.82. The smallest absolute Gasteiger partial charge is 0.262 e. The molecule has 1 fully saturated rings. The number of carbonyl (C=O) groups is 3. The minimum absolute atomic E-state index is 0.108. The fourth-order valence-electron chi connectivity index (χ4n) is 3.86. The normalized spacial score (nSPS) is 14.9. The molecular weight excluding hydrogens is 480 g/mol. The number of nitrogens with one attached hydrogen (secondary N) is 3. The van der Waals surface area contributed by atoms with Crippen LogP contribution in [-0.4, -0.2) is 30.9 Å². The van der Waals surface area contributed by atoms with Gasteiger partial charge < -0.3 is 15.0 Å². The van der Waals surface area contributed by atoms with Gasteiger partial charge in [0.1, 0.15) is 5.75 Å². The summed E-state index contributed by atoms with van der Waals surface area (Å²) in [5.41, 5.74) is 8.45. The molecule has 0 saturated carbocycles. The number of hydrazine groups is 1. The number of amides is 3. The van der Waals surface area contributed by atoms with E-state index >= 15 is 0 Å². The van der Waals surface area contributed by atoms with Crippen LogP contribution in [0, 0.1) is 5.92 Å². The Morgan fingerprint density at radius 1 is 1.06 bits per heavy atom. The average molecular weight is 507 g/mol. The summed E-state index contributed by atoms with van der Waals surface area (Å²) in [7, 11) is 0. The van der Waals surface area contributed by atoms with Gasteiger partial charge in [-0.05, 0) is 54.4 Å². The van der Waals surface area contributed by atoms with Crippen LogP contribution in [0.3, 0.4) is 0 Å².